The second-order valence-corrected chi connectivity index (χ2v) is 7.91. The SMILES string of the molecule is CCC1(CNC2CC(OCC(C)C)C2(C)C)CCC1. The van der Waals surface area contributed by atoms with Crippen LogP contribution in [0.3, 0.4) is 0 Å². The summed E-state index contributed by atoms with van der Waals surface area (Å²) in [4.78, 5) is 0. The standard InChI is InChI=1S/C17H33NO/c1-6-17(8-7-9-17)12-18-14-10-15(16(14,4)5)19-11-13(2)3/h13-15,18H,6-12H2,1-5H3. The summed E-state index contributed by atoms with van der Waals surface area (Å²) in [6, 6.07) is 0.647. The Morgan fingerprint density at radius 2 is 1.95 bits per heavy atom. The van der Waals surface area contributed by atoms with Crippen LogP contribution in [-0.4, -0.2) is 25.3 Å². The second kappa shape index (κ2) is 5.73. The molecule has 0 saturated heterocycles. The molecule has 2 heteroatoms. The highest BCUT2D eigenvalue weighted by molar-refractivity contribution is 5.04. The van der Waals surface area contributed by atoms with E-state index in [2.05, 4.69) is 39.9 Å². The molecule has 2 saturated carbocycles. The normalized spacial score (nSPS) is 31.9. The topological polar surface area (TPSA) is 21.3 Å². The Hall–Kier alpha value is -0.0800. The van der Waals surface area contributed by atoms with Crippen molar-refractivity contribution in [2.24, 2.45) is 16.7 Å². The first-order valence-corrected chi connectivity index (χ1v) is 8.24. The minimum atomic E-state index is 0.299. The van der Waals surface area contributed by atoms with E-state index in [0.29, 0.717) is 28.9 Å². The lowest BCUT2D eigenvalue weighted by atomic mass is 9.62. The van der Waals surface area contributed by atoms with Gasteiger partial charge in [-0.1, -0.05) is 41.0 Å². The molecule has 2 nitrogen and oxygen atoms in total. The zero-order valence-electron chi connectivity index (χ0n) is 13.6. The summed E-state index contributed by atoms with van der Waals surface area (Å²) in [5, 5.41) is 3.84. The van der Waals surface area contributed by atoms with E-state index >= 15 is 0 Å². The van der Waals surface area contributed by atoms with Gasteiger partial charge < -0.3 is 10.1 Å². The molecule has 0 aliphatic heterocycles. The lowest BCUT2D eigenvalue weighted by molar-refractivity contribution is -0.126. The van der Waals surface area contributed by atoms with Gasteiger partial charge in [-0.3, -0.25) is 0 Å². The zero-order valence-corrected chi connectivity index (χ0v) is 13.6. The van der Waals surface area contributed by atoms with Crippen molar-refractivity contribution >= 4 is 0 Å². The predicted molar refractivity (Wildman–Crippen MR) is 81.3 cm³/mol. The molecule has 0 aromatic heterocycles. The second-order valence-electron chi connectivity index (χ2n) is 7.91. The summed E-state index contributed by atoms with van der Waals surface area (Å²) < 4.78 is 6.04. The Morgan fingerprint density at radius 1 is 1.26 bits per heavy atom. The summed E-state index contributed by atoms with van der Waals surface area (Å²) in [7, 11) is 0. The van der Waals surface area contributed by atoms with Gasteiger partial charge in [-0.25, -0.2) is 0 Å². The number of hydrogen-bond acceptors (Lipinski definition) is 2. The highest BCUT2D eigenvalue weighted by Gasteiger charge is 2.49. The van der Waals surface area contributed by atoms with Crippen molar-refractivity contribution in [2.75, 3.05) is 13.2 Å². The fourth-order valence-electron chi connectivity index (χ4n) is 3.50. The molecule has 2 aliphatic carbocycles. The van der Waals surface area contributed by atoms with Crippen LogP contribution in [-0.2, 0) is 4.74 Å². The van der Waals surface area contributed by atoms with Gasteiger partial charge in [0.05, 0.1) is 6.10 Å². The Kier molecular flexibility index (Phi) is 4.62. The molecule has 0 aromatic carbocycles. The van der Waals surface area contributed by atoms with Crippen molar-refractivity contribution < 1.29 is 4.74 Å². The summed E-state index contributed by atoms with van der Waals surface area (Å²) in [5.74, 6) is 0.640. The maximum Gasteiger partial charge on any atom is 0.0656 e. The van der Waals surface area contributed by atoms with Gasteiger partial charge in [0.1, 0.15) is 0 Å². The molecule has 0 spiro atoms. The van der Waals surface area contributed by atoms with Gasteiger partial charge in [0.2, 0.25) is 0 Å². The summed E-state index contributed by atoms with van der Waals surface area (Å²) in [5.41, 5.74) is 0.924. The van der Waals surface area contributed by atoms with Gasteiger partial charge in [0.15, 0.2) is 0 Å². The van der Waals surface area contributed by atoms with Gasteiger partial charge in [-0.05, 0) is 37.0 Å². The quantitative estimate of drug-likeness (QED) is 0.753. The van der Waals surface area contributed by atoms with Crippen molar-refractivity contribution in [1.29, 1.82) is 0 Å². The van der Waals surface area contributed by atoms with Crippen LogP contribution in [0.1, 0.15) is 66.7 Å². The Morgan fingerprint density at radius 3 is 2.37 bits per heavy atom. The summed E-state index contributed by atoms with van der Waals surface area (Å²) in [6.07, 6.45) is 7.27. The van der Waals surface area contributed by atoms with E-state index in [4.69, 9.17) is 4.74 Å². The molecule has 2 fully saturated rings. The molecular weight excluding hydrogens is 234 g/mol. The third-order valence-electron chi connectivity index (χ3n) is 5.70. The van der Waals surface area contributed by atoms with Crippen LogP contribution in [0.15, 0.2) is 0 Å². The van der Waals surface area contributed by atoms with E-state index in [1.165, 1.54) is 38.6 Å². The van der Waals surface area contributed by atoms with Gasteiger partial charge in [-0.2, -0.15) is 0 Å². The Bertz CT molecular complexity index is 288. The molecule has 0 aromatic rings. The molecule has 19 heavy (non-hydrogen) atoms. The van der Waals surface area contributed by atoms with Crippen molar-refractivity contribution in [3.63, 3.8) is 0 Å². The number of rotatable bonds is 7. The smallest absolute Gasteiger partial charge is 0.0656 e. The average molecular weight is 267 g/mol. The fraction of sp³-hybridized carbons (Fsp3) is 1.00. The largest absolute Gasteiger partial charge is 0.377 e. The predicted octanol–water partition coefficient (Wildman–Crippen LogP) is 4.00. The van der Waals surface area contributed by atoms with Crippen LogP contribution in [0.5, 0.6) is 0 Å². The average Bonchev–Trinajstić information content (AvgIpc) is 2.29. The van der Waals surface area contributed by atoms with Crippen molar-refractivity contribution in [1.82, 2.24) is 5.32 Å². The van der Waals surface area contributed by atoms with Crippen LogP contribution in [0.2, 0.25) is 0 Å². The third kappa shape index (κ3) is 3.16. The van der Waals surface area contributed by atoms with E-state index < -0.39 is 0 Å². The third-order valence-corrected chi connectivity index (χ3v) is 5.70. The van der Waals surface area contributed by atoms with Gasteiger partial charge in [0.25, 0.3) is 0 Å². The number of ether oxygens (including phenoxy) is 1. The Labute approximate surface area is 119 Å². The molecular formula is C17H33NO. The van der Waals surface area contributed by atoms with E-state index in [1.807, 2.05) is 0 Å². The van der Waals surface area contributed by atoms with Gasteiger partial charge in [-0.15, -0.1) is 0 Å². The van der Waals surface area contributed by atoms with E-state index in [0.717, 1.165) is 6.61 Å². The zero-order chi connectivity index (χ0) is 14.1. The van der Waals surface area contributed by atoms with E-state index in [1.54, 1.807) is 0 Å². The lowest BCUT2D eigenvalue weighted by Gasteiger charge is -2.54. The first-order chi connectivity index (χ1) is 8.89. The molecule has 112 valence electrons. The van der Waals surface area contributed by atoms with Crippen molar-refractivity contribution in [2.45, 2.75) is 78.9 Å². The molecule has 0 radical (unpaired) electrons. The number of hydrogen-bond donors (Lipinski definition) is 1. The van der Waals surface area contributed by atoms with Crippen LogP contribution in [0.25, 0.3) is 0 Å². The first kappa shape index (κ1) is 15.3. The van der Waals surface area contributed by atoms with Gasteiger partial charge in [0, 0.05) is 24.6 Å². The maximum absolute atomic E-state index is 6.04. The fourth-order valence-corrected chi connectivity index (χ4v) is 3.50. The van der Waals surface area contributed by atoms with Crippen LogP contribution in [0, 0.1) is 16.7 Å². The molecule has 0 amide bonds. The highest BCUT2D eigenvalue weighted by Crippen LogP contribution is 2.46. The maximum atomic E-state index is 6.04. The van der Waals surface area contributed by atoms with E-state index in [9.17, 15) is 0 Å². The van der Waals surface area contributed by atoms with Crippen LogP contribution >= 0.6 is 0 Å². The van der Waals surface area contributed by atoms with E-state index in [-0.39, 0.29) is 0 Å². The first-order valence-electron chi connectivity index (χ1n) is 8.24. The summed E-state index contributed by atoms with van der Waals surface area (Å²) in [6.45, 7) is 13.6. The van der Waals surface area contributed by atoms with Crippen molar-refractivity contribution in [3.8, 4) is 0 Å². The van der Waals surface area contributed by atoms with Crippen LogP contribution < -0.4 is 5.32 Å². The molecule has 0 bridgehead atoms. The Balaban J connectivity index is 1.74. The van der Waals surface area contributed by atoms with Crippen molar-refractivity contribution in [3.05, 3.63) is 0 Å². The molecule has 2 unspecified atom stereocenters. The molecule has 2 rings (SSSR count). The molecule has 0 heterocycles. The van der Waals surface area contributed by atoms with Crippen LogP contribution in [0.4, 0.5) is 0 Å². The van der Waals surface area contributed by atoms with Gasteiger partial charge >= 0.3 is 0 Å². The minimum Gasteiger partial charge on any atom is -0.377 e. The monoisotopic (exact) mass is 267 g/mol. The number of nitrogens with one attached hydrogen (secondary N) is 1. The molecule has 2 atom stereocenters. The minimum absolute atomic E-state index is 0.299. The highest BCUT2D eigenvalue weighted by atomic mass is 16.5. The molecule has 2 aliphatic rings. The lowest BCUT2D eigenvalue weighted by Crippen LogP contribution is -2.62. The summed E-state index contributed by atoms with van der Waals surface area (Å²) >= 11 is 0. The molecule has 1 N–H and O–H groups in total.